The fourth-order valence-electron chi connectivity index (χ4n) is 2.21. The first-order chi connectivity index (χ1) is 14.4. The molecule has 7 heteroatoms. The van der Waals surface area contributed by atoms with E-state index in [0.717, 1.165) is 22.4 Å². The van der Waals surface area contributed by atoms with Crippen LogP contribution in [-0.2, 0) is 6.42 Å². The van der Waals surface area contributed by atoms with Gasteiger partial charge in [0.2, 0.25) is 5.96 Å². The van der Waals surface area contributed by atoms with Crippen molar-refractivity contribution in [1.29, 1.82) is 0 Å². The van der Waals surface area contributed by atoms with Crippen LogP contribution in [0.5, 0.6) is 0 Å². The predicted octanol–water partition coefficient (Wildman–Crippen LogP) is 6.26. The van der Waals surface area contributed by atoms with Gasteiger partial charge < -0.3 is 5.32 Å². The largest absolute Gasteiger partial charge is 0.328 e. The van der Waals surface area contributed by atoms with Gasteiger partial charge in [0.25, 0.3) is 0 Å². The van der Waals surface area contributed by atoms with Crippen LogP contribution < -0.4 is 5.32 Å². The number of aliphatic imine (C=N–C) groups is 2. The Labute approximate surface area is 184 Å². The van der Waals surface area contributed by atoms with E-state index in [1.807, 2.05) is 20.8 Å². The highest BCUT2D eigenvalue weighted by atomic mass is 35.5. The second-order valence-corrected chi connectivity index (χ2v) is 6.84. The van der Waals surface area contributed by atoms with E-state index in [1.165, 1.54) is 18.9 Å². The summed E-state index contributed by atoms with van der Waals surface area (Å²) in [5.41, 5.74) is 3.45. The standard InChI is InChI=1S/C17H15ClFN5.C4H10.C2H6/c1-10-8-20-21-9-13(10)16-23-17(24-16)22-11(2)3-4-12-5-6-14(18)15(19)7-12;1-3-4-2;1-2/h5-9H,2-4H2,1H3,(H,22,23,24);3-4H2,1-2H3;1-2H3. The minimum Gasteiger partial charge on any atom is -0.328 e. The Kier molecular flexibility index (Phi) is 11.5. The second-order valence-electron chi connectivity index (χ2n) is 6.43. The maximum atomic E-state index is 13.4. The zero-order valence-corrected chi connectivity index (χ0v) is 19.2. The summed E-state index contributed by atoms with van der Waals surface area (Å²) in [6.07, 6.45) is 7.24. The molecule has 1 aromatic heterocycles. The second kappa shape index (κ2) is 13.6. The molecule has 2 aromatic rings. The molecule has 0 spiro atoms. The predicted molar refractivity (Wildman–Crippen MR) is 125 cm³/mol. The first-order valence-corrected chi connectivity index (χ1v) is 10.7. The van der Waals surface area contributed by atoms with Crippen LogP contribution in [0.15, 0.2) is 52.9 Å². The lowest BCUT2D eigenvalue weighted by molar-refractivity contribution is 0.625. The van der Waals surface area contributed by atoms with Gasteiger partial charge in [0.1, 0.15) is 5.82 Å². The zero-order chi connectivity index (χ0) is 22.5. The molecule has 162 valence electrons. The Bertz CT molecular complexity index is 891. The molecule has 0 fully saturated rings. The number of aromatic nitrogens is 2. The maximum Gasteiger partial charge on any atom is 0.231 e. The van der Waals surface area contributed by atoms with E-state index < -0.39 is 5.82 Å². The summed E-state index contributed by atoms with van der Waals surface area (Å²) >= 11 is 5.67. The first kappa shape index (κ1) is 25.4. The molecule has 3 rings (SSSR count). The Morgan fingerprint density at radius 2 is 1.73 bits per heavy atom. The summed E-state index contributed by atoms with van der Waals surface area (Å²) in [6.45, 7) is 14.2. The number of halogens is 2. The van der Waals surface area contributed by atoms with Gasteiger partial charge in [-0.3, -0.25) is 0 Å². The Balaban J connectivity index is 0.000000673. The number of hydrogen-bond donors (Lipinski definition) is 1. The van der Waals surface area contributed by atoms with Crippen molar-refractivity contribution in [2.24, 2.45) is 9.98 Å². The lowest BCUT2D eigenvalue weighted by atomic mass is 10.1. The third-order valence-electron chi connectivity index (χ3n) is 4.08. The Morgan fingerprint density at radius 1 is 1.10 bits per heavy atom. The van der Waals surface area contributed by atoms with E-state index >= 15 is 0 Å². The number of allylic oxidation sites excluding steroid dienone is 1. The van der Waals surface area contributed by atoms with Crippen molar-refractivity contribution >= 4 is 23.4 Å². The van der Waals surface area contributed by atoms with Gasteiger partial charge in [-0.1, -0.05) is 64.8 Å². The van der Waals surface area contributed by atoms with E-state index in [4.69, 9.17) is 11.6 Å². The van der Waals surface area contributed by atoms with Crippen LogP contribution in [0.25, 0.3) is 0 Å². The molecule has 0 aliphatic carbocycles. The number of aryl methyl sites for hydroxylation is 2. The van der Waals surface area contributed by atoms with Crippen molar-refractivity contribution < 1.29 is 4.39 Å². The number of amidine groups is 1. The van der Waals surface area contributed by atoms with Crippen LogP contribution in [0.3, 0.4) is 0 Å². The van der Waals surface area contributed by atoms with Crippen LogP contribution in [0, 0.1) is 12.7 Å². The molecular formula is C23H31ClFN5. The smallest absolute Gasteiger partial charge is 0.231 e. The summed E-state index contributed by atoms with van der Waals surface area (Å²) in [4.78, 5) is 8.65. The molecule has 1 aliphatic rings. The van der Waals surface area contributed by atoms with Crippen LogP contribution in [0.4, 0.5) is 4.39 Å². The van der Waals surface area contributed by atoms with Crippen molar-refractivity contribution in [2.45, 2.75) is 60.3 Å². The molecule has 30 heavy (non-hydrogen) atoms. The molecule has 2 heterocycles. The van der Waals surface area contributed by atoms with Crippen molar-refractivity contribution in [3.63, 3.8) is 0 Å². The van der Waals surface area contributed by atoms with E-state index in [-0.39, 0.29) is 5.02 Å². The van der Waals surface area contributed by atoms with Crippen molar-refractivity contribution in [1.82, 2.24) is 15.5 Å². The van der Waals surface area contributed by atoms with Crippen molar-refractivity contribution in [2.75, 3.05) is 0 Å². The topological polar surface area (TPSA) is 62.5 Å². The summed E-state index contributed by atoms with van der Waals surface area (Å²) < 4.78 is 13.4. The van der Waals surface area contributed by atoms with Gasteiger partial charge in [-0.05, 0) is 43.0 Å². The molecule has 0 radical (unpaired) electrons. The Hall–Kier alpha value is -2.60. The van der Waals surface area contributed by atoms with Crippen molar-refractivity contribution in [3.05, 3.63) is 70.4 Å². The van der Waals surface area contributed by atoms with Crippen LogP contribution in [-0.4, -0.2) is 22.0 Å². The van der Waals surface area contributed by atoms with Gasteiger partial charge in [-0.25, -0.2) is 4.39 Å². The summed E-state index contributed by atoms with van der Waals surface area (Å²) in [6, 6.07) is 4.79. The fraction of sp³-hybridized carbons (Fsp3) is 0.391. The van der Waals surface area contributed by atoms with E-state index in [1.54, 1.807) is 24.5 Å². The number of unbranched alkanes of at least 4 members (excludes halogenated alkanes) is 1. The van der Waals surface area contributed by atoms with Gasteiger partial charge in [0.05, 0.1) is 17.4 Å². The monoisotopic (exact) mass is 431 g/mol. The summed E-state index contributed by atoms with van der Waals surface area (Å²) in [5.74, 6) is 0.720. The third-order valence-corrected chi connectivity index (χ3v) is 4.39. The van der Waals surface area contributed by atoms with E-state index in [2.05, 4.69) is 45.9 Å². The normalized spacial score (nSPS) is 11.6. The van der Waals surface area contributed by atoms with E-state index in [9.17, 15) is 4.39 Å². The number of nitrogens with one attached hydrogen (secondary N) is 1. The lowest BCUT2D eigenvalue weighted by Crippen LogP contribution is -2.29. The first-order valence-electron chi connectivity index (χ1n) is 10.3. The Morgan fingerprint density at radius 3 is 2.30 bits per heavy atom. The summed E-state index contributed by atoms with van der Waals surface area (Å²) in [7, 11) is 0. The molecule has 1 aromatic carbocycles. The number of hydrogen-bond acceptors (Lipinski definition) is 5. The molecule has 0 bridgehead atoms. The van der Waals surface area contributed by atoms with Gasteiger partial charge in [-0.2, -0.15) is 20.2 Å². The van der Waals surface area contributed by atoms with Crippen LogP contribution >= 0.6 is 11.6 Å². The highest BCUT2D eigenvalue weighted by Gasteiger charge is 2.17. The average molecular weight is 432 g/mol. The highest BCUT2D eigenvalue weighted by Crippen LogP contribution is 2.17. The molecule has 5 nitrogen and oxygen atoms in total. The molecular weight excluding hydrogens is 401 g/mol. The highest BCUT2D eigenvalue weighted by molar-refractivity contribution is 6.30. The van der Waals surface area contributed by atoms with Gasteiger partial charge >= 0.3 is 0 Å². The molecule has 0 unspecified atom stereocenters. The zero-order valence-electron chi connectivity index (χ0n) is 18.5. The van der Waals surface area contributed by atoms with Crippen molar-refractivity contribution in [3.8, 4) is 0 Å². The molecule has 0 amide bonds. The van der Waals surface area contributed by atoms with Gasteiger partial charge in [0, 0.05) is 11.3 Å². The number of guanidine groups is 1. The molecule has 0 atom stereocenters. The quantitative estimate of drug-likeness (QED) is 0.586. The average Bonchev–Trinajstić information content (AvgIpc) is 2.73. The number of benzene rings is 1. The minimum absolute atomic E-state index is 0.127. The third kappa shape index (κ3) is 8.03. The minimum atomic E-state index is -0.410. The van der Waals surface area contributed by atoms with Gasteiger partial charge in [-0.15, -0.1) is 0 Å². The molecule has 1 aliphatic heterocycles. The van der Waals surface area contributed by atoms with Gasteiger partial charge in [0.15, 0.2) is 5.84 Å². The maximum absolute atomic E-state index is 13.4. The molecule has 0 saturated carbocycles. The van der Waals surface area contributed by atoms with Crippen LogP contribution in [0.1, 0.15) is 63.6 Å². The SMILES string of the molecule is C=C(CCc1ccc(Cl)c(F)c1)NC1=NC(c2cnncc2C)=N1.CC.CCCC. The molecule has 1 N–H and O–H groups in total. The number of rotatable bonds is 6. The molecule has 0 saturated heterocycles. The number of nitrogens with zero attached hydrogens (tertiary/aromatic N) is 4. The lowest BCUT2D eigenvalue weighted by Gasteiger charge is -2.16. The van der Waals surface area contributed by atoms with E-state index in [0.29, 0.717) is 24.6 Å². The van der Waals surface area contributed by atoms with Crippen LogP contribution in [0.2, 0.25) is 5.02 Å². The summed E-state index contributed by atoms with van der Waals surface area (Å²) in [5, 5.41) is 10.8. The fourth-order valence-corrected chi connectivity index (χ4v) is 2.33.